The van der Waals surface area contributed by atoms with E-state index >= 15 is 0 Å². The Morgan fingerprint density at radius 3 is 2.94 bits per heavy atom. The molecule has 1 aliphatic heterocycles. The van der Waals surface area contributed by atoms with Crippen molar-refractivity contribution in [3.8, 4) is 5.88 Å². The highest BCUT2D eigenvalue weighted by Crippen LogP contribution is 2.27. The Labute approximate surface area is 106 Å². The maximum Gasteiger partial charge on any atom is 0.306 e. The van der Waals surface area contributed by atoms with E-state index in [1.807, 2.05) is 6.92 Å². The molecule has 0 bridgehead atoms. The lowest BCUT2D eigenvalue weighted by atomic mass is 9.92. The first-order valence-corrected chi connectivity index (χ1v) is 5.97. The fourth-order valence-corrected chi connectivity index (χ4v) is 2.34. The molecule has 1 aliphatic rings. The predicted octanol–water partition coefficient (Wildman–Crippen LogP) is 1.17. The molecule has 2 unspecified atom stereocenters. The number of anilines is 1. The minimum Gasteiger partial charge on any atom is -0.481 e. The molecule has 1 aromatic heterocycles. The van der Waals surface area contributed by atoms with Crippen LogP contribution in [-0.2, 0) is 4.79 Å². The summed E-state index contributed by atoms with van der Waals surface area (Å²) in [6, 6.07) is 1.93. The maximum atomic E-state index is 11.0. The monoisotopic (exact) mass is 251 g/mol. The number of aromatic nitrogens is 2. The molecule has 1 saturated heterocycles. The van der Waals surface area contributed by atoms with Gasteiger partial charge in [0.2, 0.25) is 5.88 Å². The van der Waals surface area contributed by atoms with Gasteiger partial charge in [-0.3, -0.25) is 4.79 Å². The first-order chi connectivity index (χ1) is 8.61. The van der Waals surface area contributed by atoms with Crippen LogP contribution in [0.4, 0.5) is 5.82 Å². The lowest BCUT2D eigenvalue weighted by Crippen LogP contribution is -2.43. The largest absolute Gasteiger partial charge is 0.481 e. The molecular weight excluding hydrogens is 234 g/mol. The van der Waals surface area contributed by atoms with Crippen molar-refractivity contribution >= 4 is 11.8 Å². The van der Waals surface area contributed by atoms with E-state index in [4.69, 9.17) is 9.84 Å². The maximum absolute atomic E-state index is 11.0. The molecule has 6 nitrogen and oxygen atoms in total. The fourth-order valence-electron chi connectivity index (χ4n) is 2.34. The van der Waals surface area contributed by atoms with Gasteiger partial charge in [-0.25, -0.2) is 9.97 Å². The van der Waals surface area contributed by atoms with Crippen molar-refractivity contribution in [3.63, 3.8) is 0 Å². The van der Waals surface area contributed by atoms with Crippen LogP contribution in [0.5, 0.6) is 5.88 Å². The molecule has 1 N–H and O–H groups in total. The number of aliphatic carboxylic acids is 1. The summed E-state index contributed by atoms with van der Waals surface area (Å²) in [6.07, 6.45) is 2.75. The second-order valence-corrected chi connectivity index (χ2v) is 4.52. The number of carboxylic acid groups (broad SMARTS) is 1. The minimum atomic E-state index is -0.707. The van der Waals surface area contributed by atoms with Crippen molar-refractivity contribution in [2.75, 3.05) is 18.6 Å². The number of methoxy groups -OCH3 is 1. The summed E-state index contributed by atoms with van der Waals surface area (Å²) in [6.45, 7) is 2.71. The van der Waals surface area contributed by atoms with Gasteiger partial charge in [0.25, 0.3) is 0 Å². The molecule has 0 aliphatic carbocycles. The third-order valence-electron chi connectivity index (χ3n) is 3.36. The van der Waals surface area contributed by atoms with E-state index in [1.54, 1.807) is 13.2 Å². The van der Waals surface area contributed by atoms with E-state index in [1.165, 1.54) is 6.33 Å². The summed E-state index contributed by atoms with van der Waals surface area (Å²) in [7, 11) is 1.56. The van der Waals surface area contributed by atoms with Crippen LogP contribution in [0, 0.1) is 5.92 Å². The summed E-state index contributed by atoms with van der Waals surface area (Å²) in [5.41, 5.74) is 0. The number of hydrogen-bond acceptors (Lipinski definition) is 5. The Bertz CT molecular complexity index is 438. The molecule has 6 heteroatoms. The van der Waals surface area contributed by atoms with Gasteiger partial charge >= 0.3 is 5.97 Å². The third-order valence-corrected chi connectivity index (χ3v) is 3.36. The average molecular weight is 251 g/mol. The zero-order valence-corrected chi connectivity index (χ0v) is 10.5. The van der Waals surface area contributed by atoms with Crippen molar-refractivity contribution in [2.45, 2.75) is 25.8 Å². The molecule has 0 radical (unpaired) electrons. The Morgan fingerprint density at radius 2 is 2.33 bits per heavy atom. The van der Waals surface area contributed by atoms with E-state index < -0.39 is 5.97 Å². The van der Waals surface area contributed by atoms with E-state index in [-0.39, 0.29) is 12.0 Å². The second-order valence-electron chi connectivity index (χ2n) is 4.52. The molecule has 0 amide bonds. The zero-order chi connectivity index (χ0) is 13.1. The number of nitrogens with zero attached hydrogens (tertiary/aromatic N) is 3. The molecule has 2 atom stereocenters. The van der Waals surface area contributed by atoms with Gasteiger partial charge in [0, 0.05) is 18.7 Å². The lowest BCUT2D eigenvalue weighted by Gasteiger charge is -2.37. The summed E-state index contributed by atoms with van der Waals surface area (Å²) >= 11 is 0. The number of piperidine rings is 1. The van der Waals surface area contributed by atoms with Crippen LogP contribution in [-0.4, -0.2) is 40.7 Å². The molecule has 1 aromatic rings. The predicted molar refractivity (Wildman–Crippen MR) is 65.8 cm³/mol. The van der Waals surface area contributed by atoms with E-state index in [9.17, 15) is 4.79 Å². The highest BCUT2D eigenvalue weighted by Gasteiger charge is 2.30. The molecular formula is C12H17N3O3. The zero-order valence-electron chi connectivity index (χ0n) is 10.5. The van der Waals surface area contributed by atoms with Crippen molar-refractivity contribution in [2.24, 2.45) is 5.92 Å². The molecule has 0 saturated carbocycles. The number of carboxylic acids is 1. The van der Waals surface area contributed by atoms with Crippen molar-refractivity contribution < 1.29 is 14.6 Å². The van der Waals surface area contributed by atoms with Crippen molar-refractivity contribution in [1.29, 1.82) is 0 Å². The number of rotatable bonds is 3. The van der Waals surface area contributed by atoms with Crippen LogP contribution in [0.2, 0.25) is 0 Å². The Morgan fingerprint density at radius 1 is 1.56 bits per heavy atom. The molecule has 2 rings (SSSR count). The summed E-state index contributed by atoms with van der Waals surface area (Å²) in [4.78, 5) is 21.3. The SMILES string of the molecule is COc1cc(N2CCC(C(=O)O)CC2C)ncn1. The standard InChI is InChI=1S/C12H17N3O3/c1-8-5-9(12(16)17)3-4-15(8)10-6-11(18-2)14-7-13-10/h6-9H,3-5H2,1-2H3,(H,16,17). The van der Waals surface area contributed by atoms with Gasteiger partial charge in [0.15, 0.2) is 0 Å². The fraction of sp³-hybridized carbons (Fsp3) is 0.583. The topological polar surface area (TPSA) is 75.5 Å². The lowest BCUT2D eigenvalue weighted by molar-refractivity contribution is -0.142. The molecule has 18 heavy (non-hydrogen) atoms. The number of ether oxygens (including phenoxy) is 1. The van der Waals surface area contributed by atoms with Gasteiger partial charge in [-0.1, -0.05) is 0 Å². The van der Waals surface area contributed by atoms with Crippen LogP contribution >= 0.6 is 0 Å². The van der Waals surface area contributed by atoms with E-state index in [0.29, 0.717) is 25.3 Å². The summed E-state index contributed by atoms with van der Waals surface area (Å²) < 4.78 is 5.07. The highest BCUT2D eigenvalue weighted by molar-refractivity contribution is 5.70. The van der Waals surface area contributed by atoms with E-state index in [0.717, 1.165) is 5.82 Å². The number of hydrogen-bond donors (Lipinski definition) is 1. The van der Waals surface area contributed by atoms with Gasteiger partial charge in [0.05, 0.1) is 13.0 Å². The van der Waals surface area contributed by atoms with Gasteiger partial charge in [-0.05, 0) is 19.8 Å². The molecule has 98 valence electrons. The molecule has 0 spiro atoms. The summed E-state index contributed by atoms with van der Waals surface area (Å²) in [5.74, 6) is 0.354. The molecule has 1 fully saturated rings. The second kappa shape index (κ2) is 5.20. The van der Waals surface area contributed by atoms with Crippen molar-refractivity contribution in [3.05, 3.63) is 12.4 Å². The van der Waals surface area contributed by atoms with Crippen LogP contribution in [0.25, 0.3) is 0 Å². The van der Waals surface area contributed by atoms with Crippen LogP contribution in [0.3, 0.4) is 0 Å². The molecule has 2 heterocycles. The summed E-state index contributed by atoms with van der Waals surface area (Å²) in [5, 5.41) is 9.03. The Kier molecular flexibility index (Phi) is 3.64. The average Bonchev–Trinajstić information content (AvgIpc) is 2.38. The smallest absolute Gasteiger partial charge is 0.306 e. The molecule has 0 aromatic carbocycles. The van der Waals surface area contributed by atoms with Crippen LogP contribution in [0.1, 0.15) is 19.8 Å². The first kappa shape index (κ1) is 12.6. The number of carbonyl (C=O) groups is 1. The normalized spacial score (nSPS) is 23.8. The third kappa shape index (κ3) is 2.52. The van der Waals surface area contributed by atoms with E-state index in [2.05, 4.69) is 14.9 Å². The Hall–Kier alpha value is -1.85. The van der Waals surface area contributed by atoms with Gasteiger partial charge in [-0.15, -0.1) is 0 Å². The minimum absolute atomic E-state index is 0.152. The van der Waals surface area contributed by atoms with Gasteiger partial charge in [-0.2, -0.15) is 0 Å². The van der Waals surface area contributed by atoms with Gasteiger partial charge in [0.1, 0.15) is 12.1 Å². The van der Waals surface area contributed by atoms with Crippen molar-refractivity contribution in [1.82, 2.24) is 9.97 Å². The highest BCUT2D eigenvalue weighted by atomic mass is 16.5. The Balaban J connectivity index is 2.12. The van der Waals surface area contributed by atoms with Crippen LogP contribution < -0.4 is 9.64 Å². The van der Waals surface area contributed by atoms with Gasteiger partial charge < -0.3 is 14.7 Å². The first-order valence-electron chi connectivity index (χ1n) is 5.97. The van der Waals surface area contributed by atoms with Crippen LogP contribution in [0.15, 0.2) is 12.4 Å². The quantitative estimate of drug-likeness (QED) is 0.869.